The first-order valence-corrected chi connectivity index (χ1v) is 11.1. The number of nitrogens with zero attached hydrogens (tertiary/aromatic N) is 1. The molecule has 2 aliphatic rings. The number of amides is 3. The Morgan fingerprint density at radius 1 is 1.17 bits per heavy atom. The van der Waals surface area contributed by atoms with Crippen molar-refractivity contribution in [2.75, 3.05) is 12.4 Å². The Balaban J connectivity index is 1.71. The van der Waals surface area contributed by atoms with Crippen LogP contribution in [-0.2, 0) is 9.59 Å². The van der Waals surface area contributed by atoms with Gasteiger partial charge in [0.2, 0.25) is 11.8 Å². The Labute approximate surface area is 175 Å². The predicted octanol–water partition coefficient (Wildman–Crippen LogP) is 1.53. The number of thioether (sulfide) groups is 1. The number of carbonyl (C=O) groups excluding carboxylic acids is 3. The fourth-order valence-electron chi connectivity index (χ4n) is 3.72. The van der Waals surface area contributed by atoms with E-state index in [1.54, 1.807) is 22.7 Å². The molecule has 0 spiro atoms. The maximum atomic E-state index is 13.0. The SMILES string of the molecule is CC(C)[C@H](NC(=O)[C@H]1CS[C@H]2c3ccccc3C(=O)N12)C(=O)N[C@H](CO)C(C)C. The minimum atomic E-state index is -0.737. The second-order valence-corrected chi connectivity index (χ2v) is 9.39. The highest BCUT2D eigenvalue weighted by molar-refractivity contribution is 7.99. The van der Waals surface area contributed by atoms with Crippen LogP contribution in [0.5, 0.6) is 0 Å². The van der Waals surface area contributed by atoms with E-state index in [1.807, 2.05) is 45.9 Å². The van der Waals surface area contributed by atoms with E-state index in [-0.39, 0.29) is 47.6 Å². The van der Waals surface area contributed by atoms with Crippen LogP contribution >= 0.6 is 11.8 Å². The van der Waals surface area contributed by atoms with Gasteiger partial charge in [-0.25, -0.2) is 0 Å². The number of aliphatic hydroxyl groups is 1. The molecule has 0 saturated carbocycles. The second-order valence-electron chi connectivity index (χ2n) is 8.27. The Bertz CT molecular complexity index is 798. The van der Waals surface area contributed by atoms with E-state index in [0.717, 1.165) is 5.56 Å². The highest BCUT2D eigenvalue weighted by Gasteiger charge is 2.48. The predicted molar refractivity (Wildman–Crippen MR) is 112 cm³/mol. The van der Waals surface area contributed by atoms with E-state index in [2.05, 4.69) is 10.6 Å². The molecule has 3 N–H and O–H groups in total. The molecule has 1 aromatic carbocycles. The van der Waals surface area contributed by atoms with Crippen molar-refractivity contribution in [2.45, 2.75) is 51.2 Å². The molecule has 1 saturated heterocycles. The van der Waals surface area contributed by atoms with Crippen LogP contribution < -0.4 is 10.6 Å². The van der Waals surface area contributed by atoms with Gasteiger partial charge in [-0.15, -0.1) is 11.8 Å². The summed E-state index contributed by atoms with van der Waals surface area (Å²) in [4.78, 5) is 40.3. The van der Waals surface area contributed by atoms with Gasteiger partial charge in [-0.3, -0.25) is 14.4 Å². The molecular weight excluding hydrogens is 390 g/mol. The first kappa shape index (κ1) is 21.6. The molecule has 0 unspecified atom stereocenters. The van der Waals surface area contributed by atoms with Gasteiger partial charge in [0.15, 0.2) is 0 Å². The van der Waals surface area contributed by atoms with Crippen molar-refractivity contribution in [3.63, 3.8) is 0 Å². The third-order valence-electron chi connectivity index (χ3n) is 5.57. The van der Waals surface area contributed by atoms with Gasteiger partial charge in [0, 0.05) is 11.3 Å². The summed E-state index contributed by atoms with van der Waals surface area (Å²) < 4.78 is 0. The van der Waals surface area contributed by atoms with Gasteiger partial charge in [0.1, 0.15) is 17.5 Å². The summed E-state index contributed by atoms with van der Waals surface area (Å²) in [6, 6.07) is 5.71. The molecule has 2 aliphatic heterocycles. The second kappa shape index (κ2) is 8.75. The third-order valence-corrected chi connectivity index (χ3v) is 6.88. The lowest BCUT2D eigenvalue weighted by atomic mass is 10.00. The normalized spacial score (nSPS) is 22.4. The van der Waals surface area contributed by atoms with Gasteiger partial charge in [-0.2, -0.15) is 0 Å². The highest BCUT2D eigenvalue weighted by Crippen LogP contribution is 2.48. The molecule has 8 heteroatoms. The van der Waals surface area contributed by atoms with Gasteiger partial charge < -0.3 is 20.6 Å². The van der Waals surface area contributed by atoms with E-state index in [9.17, 15) is 19.5 Å². The van der Waals surface area contributed by atoms with E-state index >= 15 is 0 Å². The standard InChI is InChI=1S/C21H29N3O4S/c1-11(2)15(9-25)22-19(27)17(12(3)4)23-18(26)16-10-29-21-14-8-6-5-7-13(14)20(28)24(16)21/h5-8,11-12,15-17,21,25H,9-10H2,1-4H3,(H,22,27)(H,23,26)/t15-,16-,17+,21+/m1/s1. The zero-order valence-electron chi connectivity index (χ0n) is 17.2. The summed E-state index contributed by atoms with van der Waals surface area (Å²) >= 11 is 1.57. The van der Waals surface area contributed by atoms with Crippen LogP contribution in [0.3, 0.4) is 0 Å². The fraction of sp³-hybridized carbons (Fsp3) is 0.571. The molecule has 0 aliphatic carbocycles. The average molecular weight is 420 g/mol. The van der Waals surface area contributed by atoms with Crippen LogP contribution in [0.4, 0.5) is 0 Å². The molecule has 1 fully saturated rings. The molecule has 7 nitrogen and oxygen atoms in total. The third kappa shape index (κ3) is 4.14. The first-order valence-electron chi connectivity index (χ1n) is 10.0. The average Bonchev–Trinajstić information content (AvgIpc) is 3.24. The van der Waals surface area contributed by atoms with Gasteiger partial charge in [-0.1, -0.05) is 45.9 Å². The topological polar surface area (TPSA) is 98.7 Å². The van der Waals surface area contributed by atoms with Crippen molar-refractivity contribution in [3.05, 3.63) is 35.4 Å². The van der Waals surface area contributed by atoms with Crippen molar-refractivity contribution in [3.8, 4) is 0 Å². The van der Waals surface area contributed by atoms with Crippen molar-refractivity contribution >= 4 is 29.5 Å². The van der Waals surface area contributed by atoms with Crippen LogP contribution in [0.1, 0.15) is 49.0 Å². The number of carbonyl (C=O) groups is 3. The maximum absolute atomic E-state index is 13.0. The molecule has 158 valence electrons. The minimum Gasteiger partial charge on any atom is -0.394 e. The van der Waals surface area contributed by atoms with E-state index in [1.165, 1.54) is 0 Å². The monoisotopic (exact) mass is 419 g/mol. The molecule has 29 heavy (non-hydrogen) atoms. The van der Waals surface area contributed by atoms with Crippen LogP contribution in [0.2, 0.25) is 0 Å². The number of benzene rings is 1. The number of hydrogen-bond donors (Lipinski definition) is 3. The Morgan fingerprint density at radius 3 is 2.48 bits per heavy atom. The smallest absolute Gasteiger partial charge is 0.256 e. The van der Waals surface area contributed by atoms with Gasteiger partial charge in [0.25, 0.3) is 5.91 Å². The molecule has 3 amide bonds. The van der Waals surface area contributed by atoms with Crippen LogP contribution in [-0.4, -0.2) is 58.2 Å². The van der Waals surface area contributed by atoms with Crippen molar-refractivity contribution in [1.82, 2.24) is 15.5 Å². The molecule has 0 aromatic heterocycles. The number of fused-ring (bicyclic) bond motifs is 3. The highest BCUT2D eigenvalue weighted by atomic mass is 32.2. The fourth-order valence-corrected chi connectivity index (χ4v) is 5.19. The molecular formula is C21H29N3O4S. The molecule has 2 heterocycles. The van der Waals surface area contributed by atoms with Gasteiger partial charge >= 0.3 is 0 Å². The summed E-state index contributed by atoms with van der Waals surface area (Å²) in [5.74, 6) is -0.350. The minimum absolute atomic E-state index is 0.0696. The number of hydrogen-bond acceptors (Lipinski definition) is 5. The quantitative estimate of drug-likeness (QED) is 0.623. The van der Waals surface area contributed by atoms with Crippen molar-refractivity contribution in [1.29, 1.82) is 0 Å². The van der Waals surface area contributed by atoms with Crippen molar-refractivity contribution in [2.24, 2.45) is 11.8 Å². The van der Waals surface area contributed by atoms with Gasteiger partial charge in [0.05, 0.1) is 12.6 Å². The summed E-state index contributed by atoms with van der Waals surface area (Å²) in [6.07, 6.45) is 0. The first-order chi connectivity index (χ1) is 13.8. The van der Waals surface area contributed by atoms with Crippen LogP contribution in [0.25, 0.3) is 0 Å². The Kier molecular flexibility index (Phi) is 6.53. The molecule has 1 aromatic rings. The zero-order chi connectivity index (χ0) is 21.3. The lowest BCUT2D eigenvalue weighted by Gasteiger charge is -2.29. The zero-order valence-corrected chi connectivity index (χ0v) is 18.0. The van der Waals surface area contributed by atoms with Gasteiger partial charge in [-0.05, 0) is 23.5 Å². The summed E-state index contributed by atoms with van der Waals surface area (Å²) in [5.41, 5.74) is 1.59. The number of nitrogens with one attached hydrogen (secondary N) is 2. The maximum Gasteiger partial charge on any atom is 0.256 e. The van der Waals surface area contributed by atoms with E-state index < -0.39 is 12.1 Å². The molecule has 3 rings (SSSR count). The largest absolute Gasteiger partial charge is 0.394 e. The van der Waals surface area contributed by atoms with Crippen molar-refractivity contribution < 1.29 is 19.5 Å². The van der Waals surface area contributed by atoms with E-state index in [4.69, 9.17) is 0 Å². The molecule has 0 radical (unpaired) electrons. The summed E-state index contributed by atoms with van der Waals surface area (Å²) in [5, 5.41) is 15.0. The summed E-state index contributed by atoms with van der Waals surface area (Å²) in [7, 11) is 0. The van der Waals surface area contributed by atoms with Crippen LogP contribution in [0, 0.1) is 11.8 Å². The molecule has 4 atom stereocenters. The molecule has 0 bridgehead atoms. The lowest BCUT2D eigenvalue weighted by molar-refractivity contribution is -0.132. The lowest BCUT2D eigenvalue weighted by Crippen LogP contribution is -2.57. The number of aliphatic hydroxyl groups excluding tert-OH is 1. The number of rotatable bonds is 7. The Hall–Kier alpha value is -2.06. The summed E-state index contributed by atoms with van der Waals surface area (Å²) in [6.45, 7) is 7.38. The Morgan fingerprint density at radius 2 is 1.86 bits per heavy atom. The van der Waals surface area contributed by atoms with E-state index in [0.29, 0.717) is 11.3 Å². The van der Waals surface area contributed by atoms with Crippen LogP contribution in [0.15, 0.2) is 24.3 Å².